The van der Waals surface area contributed by atoms with E-state index in [1.54, 1.807) is 0 Å². The number of piperidine rings is 1. The predicted molar refractivity (Wildman–Crippen MR) is 90.0 cm³/mol. The van der Waals surface area contributed by atoms with Gasteiger partial charge in [0.25, 0.3) is 0 Å². The number of carbonyl (C=O) groups is 1. The summed E-state index contributed by atoms with van der Waals surface area (Å²) >= 11 is 0. The Bertz CT molecular complexity index is 372. The van der Waals surface area contributed by atoms with Crippen molar-refractivity contribution in [3.05, 3.63) is 0 Å². The summed E-state index contributed by atoms with van der Waals surface area (Å²) in [6, 6.07) is 1.47. The molecule has 1 saturated heterocycles. The van der Waals surface area contributed by atoms with Gasteiger partial charge < -0.3 is 15.0 Å². The Morgan fingerprint density at radius 2 is 2.00 bits per heavy atom. The summed E-state index contributed by atoms with van der Waals surface area (Å²) in [6.45, 7) is 11.2. The Kier molecular flexibility index (Phi) is 5.76. The van der Waals surface area contributed by atoms with Crippen molar-refractivity contribution < 1.29 is 9.53 Å². The van der Waals surface area contributed by atoms with Gasteiger partial charge in [-0.3, -0.25) is 0 Å². The second-order valence-corrected chi connectivity index (χ2v) is 8.40. The first kappa shape index (κ1) is 17.6. The van der Waals surface area contributed by atoms with Crippen molar-refractivity contribution in [1.29, 1.82) is 0 Å². The highest BCUT2D eigenvalue weighted by molar-refractivity contribution is 5.68. The molecule has 0 aromatic heterocycles. The summed E-state index contributed by atoms with van der Waals surface area (Å²) < 4.78 is 5.58. The average Bonchev–Trinajstić information content (AvgIpc) is 2.35. The van der Waals surface area contributed by atoms with Gasteiger partial charge >= 0.3 is 6.09 Å². The van der Waals surface area contributed by atoms with E-state index in [0.29, 0.717) is 18.1 Å². The lowest BCUT2D eigenvalue weighted by Gasteiger charge is -2.40. The molecule has 1 saturated carbocycles. The second kappa shape index (κ2) is 7.20. The fourth-order valence-corrected chi connectivity index (χ4v) is 3.72. The molecule has 1 N–H and O–H groups in total. The molecule has 0 aromatic carbocycles. The van der Waals surface area contributed by atoms with Crippen LogP contribution in [-0.2, 0) is 4.74 Å². The third-order valence-electron chi connectivity index (χ3n) is 4.77. The maximum atomic E-state index is 12.4. The minimum absolute atomic E-state index is 0.137. The second-order valence-electron chi connectivity index (χ2n) is 8.40. The SMILES string of the molecule is CC1CC(NC(C)CC2CCCCN2C(=O)OC(C)(C)C)C1. The van der Waals surface area contributed by atoms with Crippen LogP contribution < -0.4 is 5.32 Å². The van der Waals surface area contributed by atoms with Crippen LogP contribution in [-0.4, -0.2) is 41.3 Å². The Morgan fingerprint density at radius 1 is 1.32 bits per heavy atom. The molecule has 4 nitrogen and oxygen atoms in total. The van der Waals surface area contributed by atoms with Gasteiger partial charge in [0, 0.05) is 24.7 Å². The number of rotatable bonds is 4. The van der Waals surface area contributed by atoms with Gasteiger partial charge in [-0.15, -0.1) is 0 Å². The van der Waals surface area contributed by atoms with E-state index in [-0.39, 0.29) is 6.09 Å². The third kappa shape index (κ3) is 5.15. The number of likely N-dealkylation sites (tertiary alicyclic amines) is 1. The zero-order valence-corrected chi connectivity index (χ0v) is 15.0. The van der Waals surface area contributed by atoms with Crippen molar-refractivity contribution in [2.24, 2.45) is 5.92 Å². The van der Waals surface area contributed by atoms with Gasteiger partial charge in [0.1, 0.15) is 5.60 Å². The normalized spacial score (nSPS) is 30.6. The molecule has 0 radical (unpaired) electrons. The molecule has 2 fully saturated rings. The predicted octanol–water partition coefficient (Wildman–Crippen LogP) is 3.94. The van der Waals surface area contributed by atoms with Crippen molar-refractivity contribution in [3.63, 3.8) is 0 Å². The van der Waals surface area contributed by atoms with E-state index >= 15 is 0 Å². The lowest BCUT2D eigenvalue weighted by molar-refractivity contribution is 0.00754. The zero-order chi connectivity index (χ0) is 16.3. The van der Waals surface area contributed by atoms with Crippen LogP contribution in [0.1, 0.15) is 73.1 Å². The first-order valence-corrected chi connectivity index (χ1v) is 9.00. The highest BCUT2D eigenvalue weighted by Crippen LogP contribution is 2.28. The summed E-state index contributed by atoms with van der Waals surface area (Å²) in [5, 5.41) is 3.72. The molecule has 22 heavy (non-hydrogen) atoms. The summed E-state index contributed by atoms with van der Waals surface area (Å²) in [7, 11) is 0. The van der Waals surface area contributed by atoms with E-state index in [2.05, 4.69) is 19.2 Å². The number of amides is 1. The van der Waals surface area contributed by atoms with Crippen LogP contribution in [0.2, 0.25) is 0 Å². The molecule has 2 rings (SSSR count). The van der Waals surface area contributed by atoms with E-state index in [9.17, 15) is 4.79 Å². The Hall–Kier alpha value is -0.770. The fraction of sp³-hybridized carbons (Fsp3) is 0.944. The first-order chi connectivity index (χ1) is 10.2. The summed E-state index contributed by atoms with van der Waals surface area (Å²) in [5.74, 6) is 0.873. The maximum Gasteiger partial charge on any atom is 0.410 e. The van der Waals surface area contributed by atoms with E-state index in [1.165, 1.54) is 19.3 Å². The molecule has 1 aliphatic carbocycles. The minimum Gasteiger partial charge on any atom is -0.444 e. The van der Waals surface area contributed by atoms with E-state index < -0.39 is 5.60 Å². The molecule has 0 bridgehead atoms. The Morgan fingerprint density at radius 3 is 2.59 bits per heavy atom. The first-order valence-electron chi connectivity index (χ1n) is 9.00. The van der Waals surface area contributed by atoms with Gasteiger partial charge in [0.15, 0.2) is 0 Å². The molecule has 0 aromatic rings. The topological polar surface area (TPSA) is 41.6 Å². The van der Waals surface area contributed by atoms with Crippen molar-refractivity contribution in [1.82, 2.24) is 10.2 Å². The van der Waals surface area contributed by atoms with Crippen LogP contribution in [0, 0.1) is 5.92 Å². The molecule has 0 spiro atoms. The van der Waals surface area contributed by atoms with Crippen LogP contribution in [0.5, 0.6) is 0 Å². The number of hydrogen-bond donors (Lipinski definition) is 1. The van der Waals surface area contributed by atoms with Crippen molar-refractivity contribution in [2.45, 2.75) is 96.9 Å². The van der Waals surface area contributed by atoms with Crippen molar-refractivity contribution in [3.8, 4) is 0 Å². The third-order valence-corrected chi connectivity index (χ3v) is 4.77. The van der Waals surface area contributed by atoms with Gasteiger partial charge in [-0.2, -0.15) is 0 Å². The summed E-state index contributed by atoms with van der Waals surface area (Å²) in [5.41, 5.74) is -0.412. The Labute approximate surface area is 136 Å². The quantitative estimate of drug-likeness (QED) is 0.855. The number of nitrogens with zero attached hydrogens (tertiary/aromatic N) is 1. The molecule has 2 aliphatic rings. The molecule has 2 unspecified atom stereocenters. The summed E-state index contributed by atoms with van der Waals surface area (Å²) in [4.78, 5) is 14.4. The van der Waals surface area contributed by atoms with Gasteiger partial charge in [-0.25, -0.2) is 4.79 Å². The van der Waals surface area contributed by atoms with Crippen LogP contribution in [0.3, 0.4) is 0 Å². The molecule has 1 heterocycles. The number of ether oxygens (including phenoxy) is 1. The lowest BCUT2D eigenvalue weighted by atomic mass is 9.81. The molecular formula is C18H34N2O2. The smallest absolute Gasteiger partial charge is 0.410 e. The number of hydrogen-bond acceptors (Lipinski definition) is 3. The standard InChI is InChI=1S/C18H34N2O2/c1-13-10-15(11-13)19-14(2)12-16-8-6-7-9-20(16)17(21)22-18(3,4)5/h13-16,19H,6-12H2,1-5H3. The molecule has 128 valence electrons. The molecule has 1 amide bonds. The summed E-state index contributed by atoms with van der Waals surface area (Å²) in [6.07, 6.45) is 6.91. The Balaban J connectivity index is 1.84. The molecule has 4 heteroatoms. The van der Waals surface area contributed by atoms with Gasteiger partial charge in [0.05, 0.1) is 0 Å². The van der Waals surface area contributed by atoms with Crippen LogP contribution in [0.15, 0.2) is 0 Å². The van der Waals surface area contributed by atoms with Crippen LogP contribution in [0.25, 0.3) is 0 Å². The zero-order valence-electron chi connectivity index (χ0n) is 15.0. The van der Waals surface area contributed by atoms with Crippen molar-refractivity contribution >= 4 is 6.09 Å². The van der Waals surface area contributed by atoms with Gasteiger partial charge in [0.2, 0.25) is 0 Å². The maximum absolute atomic E-state index is 12.4. The highest BCUT2D eigenvalue weighted by Gasteiger charge is 2.32. The van der Waals surface area contributed by atoms with E-state index in [1.807, 2.05) is 25.7 Å². The van der Waals surface area contributed by atoms with Gasteiger partial charge in [-0.05, 0) is 72.1 Å². The monoisotopic (exact) mass is 310 g/mol. The minimum atomic E-state index is -0.412. The highest BCUT2D eigenvalue weighted by atomic mass is 16.6. The van der Waals surface area contributed by atoms with Crippen molar-refractivity contribution in [2.75, 3.05) is 6.54 Å². The largest absolute Gasteiger partial charge is 0.444 e. The molecule has 2 atom stereocenters. The van der Waals surface area contributed by atoms with Crippen LogP contribution >= 0.6 is 0 Å². The molecule has 1 aliphatic heterocycles. The van der Waals surface area contributed by atoms with E-state index in [0.717, 1.165) is 31.7 Å². The lowest BCUT2D eigenvalue weighted by Crippen LogP contribution is -2.50. The van der Waals surface area contributed by atoms with Crippen LogP contribution in [0.4, 0.5) is 4.79 Å². The van der Waals surface area contributed by atoms with E-state index in [4.69, 9.17) is 4.74 Å². The van der Waals surface area contributed by atoms with Gasteiger partial charge in [-0.1, -0.05) is 6.92 Å². The molecular weight excluding hydrogens is 276 g/mol. The number of nitrogens with one attached hydrogen (secondary N) is 1. The average molecular weight is 310 g/mol. The fourth-order valence-electron chi connectivity index (χ4n) is 3.72. The number of carbonyl (C=O) groups excluding carboxylic acids is 1.